The Balaban J connectivity index is 2.25. The van der Waals surface area contributed by atoms with Crippen LogP contribution in [-0.4, -0.2) is 11.5 Å². The van der Waals surface area contributed by atoms with Crippen LogP contribution in [0.1, 0.15) is 30.5 Å². The molecule has 0 aliphatic heterocycles. The van der Waals surface area contributed by atoms with Gasteiger partial charge < -0.3 is 11.1 Å². The van der Waals surface area contributed by atoms with Gasteiger partial charge in [0.05, 0.1) is 0 Å². The Morgan fingerprint density at radius 1 is 1.19 bits per heavy atom. The van der Waals surface area contributed by atoms with Crippen LogP contribution in [0.2, 0.25) is 10.0 Å². The molecule has 1 atom stereocenters. The van der Waals surface area contributed by atoms with E-state index in [9.17, 15) is 0 Å². The summed E-state index contributed by atoms with van der Waals surface area (Å²) in [5.41, 5.74) is 7.96. The van der Waals surface area contributed by atoms with Crippen LogP contribution in [0.25, 0.3) is 0 Å². The van der Waals surface area contributed by atoms with Crippen molar-refractivity contribution in [2.24, 2.45) is 0 Å². The summed E-state index contributed by atoms with van der Waals surface area (Å²) in [5.74, 6) is 0.533. The molecule has 0 fully saturated rings. The normalized spacial score (nSPS) is 12.3. The Kier molecular flexibility index (Phi) is 5.85. The van der Waals surface area contributed by atoms with E-state index in [0.717, 1.165) is 30.5 Å². The van der Waals surface area contributed by atoms with E-state index in [-0.39, 0.29) is 6.04 Å². The van der Waals surface area contributed by atoms with Crippen LogP contribution in [0, 0.1) is 0 Å². The van der Waals surface area contributed by atoms with E-state index >= 15 is 0 Å². The second-order valence-electron chi connectivity index (χ2n) is 5.00. The molecule has 1 aromatic heterocycles. The van der Waals surface area contributed by atoms with Crippen LogP contribution in [0.5, 0.6) is 0 Å². The first-order chi connectivity index (χ1) is 10.1. The third kappa shape index (κ3) is 4.88. The van der Waals surface area contributed by atoms with Crippen molar-refractivity contribution in [3.8, 4) is 0 Å². The Bertz CT molecular complexity index is 582. The molecular weight excluding hydrogens is 305 g/mol. The lowest BCUT2D eigenvalue weighted by Crippen LogP contribution is -2.24. The van der Waals surface area contributed by atoms with Gasteiger partial charge in [-0.05, 0) is 60.8 Å². The Morgan fingerprint density at radius 3 is 2.52 bits per heavy atom. The van der Waals surface area contributed by atoms with Crippen molar-refractivity contribution < 1.29 is 0 Å². The summed E-state index contributed by atoms with van der Waals surface area (Å²) in [5, 5.41) is 4.83. The number of benzene rings is 1. The molecule has 3 N–H and O–H groups in total. The predicted molar refractivity (Wildman–Crippen MR) is 89.9 cm³/mol. The van der Waals surface area contributed by atoms with Crippen LogP contribution in [0.4, 0.5) is 5.82 Å². The van der Waals surface area contributed by atoms with E-state index < -0.39 is 0 Å². The van der Waals surface area contributed by atoms with E-state index in [1.165, 1.54) is 0 Å². The van der Waals surface area contributed by atoms with Gasteiger partial charge in [0.1, 0.15) is 5.82 Å². The minimum Gasteiger partial charge on any atom is -0.384 e. The van der Waals surface area contributed by atoms with E-state index in [0.29, 0.717) is 15.9 Å². The van der Waals surface area contributed by atoms with E-state index in [2.05, 4.69) is 17.2 Å². The molecule has 2 rings (SSSR count). The predicted octanol–water partition coefficient (Wildman–Crippen LogP) is 4.25. The van der Waals surface area contributed by atoms with Gasteiger partial charge in [0.15, 0.2) is 0 Å². The standard InChI is InChI=1S/C16H19Cl2N3/c1-2-4-20-15(6-11-3-5-21-16(19)7-11)12-8-13(17)10-14(18)9-12/h3,5,7-10,15,20H,2,4,6H2,1H3,(H2,19,21). The monoisotopic (exact) mass is 323 g/mol. The number of aromatic nitrogens is 1. The molecule has 0 amide bonds. The highest BCUT2D eigenvalue weighted by molar-refractivity contribution is 6.34. The number of nitrogen functional groups attached to an aromatic ring is 1. The number of nitrogens with two attached hydrogens (primary N) is 1. The third-order valence-corrected chi connectivity index (χ3v) is 3.65. The fourth-order valence-electron chi connectivity index (χ4n) is 2.26. The lowest BCUT2D eigenvalue weighted by molar-refractivity contribution is 0.529. The Hall–Kier alpha value is -1.29. The summed E-state index contributed by atoms with van der Waals surface area (Å²) in [4.78, 5) is 4.03. The lowest BCUT2D eigenvalue weighted by Gasteiger charge is -2.20. The Morgan fingerprint density at radius 2 is 1.90 bits per heavy atom. The summed E-state index contributed by atoms with van der Waals surface area (Å²) in [6.07, 6.45) is 3.60. The lowest BCUT2D eigenvalue weighted by atomic mass is 9.99. The molecule has 0 aliphatic carbocycles. The van der Waals surface area contributed by atoms with Crippen molar-refractivity contribution in [2.45, 2.75) is 25.8 Å². The van der Waals surface area contributed by atoms with Crippen LogP contribution >= 0.6 is 23.2 Å². The zero-order valence-electron chi connectivity index (χ0n) is 11.9. The fraction of sp³-hybridized carbons (Fsp3) is 0.312. The third-order valence-electron chi connectivity index (χ3n) is 3.21. The Labute approximate surface area is 135 Å². The molecule has 1 unspecified atom stereocenters. The van der Waals surface area contributed by atoms with Gasteiger partial charge in [-0.15, -0.1) is 0 Å². The molecule has 21 heavy (non-hydrogen) atoms. The van der Waals surface area contributed by atoms with Crippen LogP contribution in [0.15, 0.2) is 36.5 Å². The smallest absolute Gasteiger partial charge is 0.123 e. The number of halogens is 2. The van der Waals surface area contributed by atoms with Crippen molar-refractivity contribution in [3.05, 3.63) is 57.7 Å². The maximum atomic E-state index is 6.11. The number of nitrogens with one attached hydrogen (secondary N) is 1. The number of pyridine rings is 1. The first-order valence-corrected chi connectivity index (χ1v) is 7.74. The SMILES string of the molecule is CCCNC(Cc1ccnc(N)c1)c1cc(Cl)cc(Cl)c1. The van der Waals surface area contributed by atoms with Gasteiger partial charge in [-0.3, -0.25) is 0 Å². The largest absolute Gasteiger partial charge is 0.384 e. The molecule has 5 heteroatoms. The molecule has 0 aliphatic rings. The van der Waals surface area contributed by atoms with Gasteiger partial charge in [-0.25, -0.2) is 4.98 Å². The number of hydrogen-bond acceptors (Lipinski definition) is 3. The maximum absolute atomic E-state index is 6.11. The highest BCUT2D eigenvalue weighted by Crippen LogP contribution is 2.26. The summed E-state index contributed by atoms with van der Waals surface area (Å²) >= 11 is 12.2. The van der Waals surface area contributed by atoms with Crippen molar-refractivity contribution >= 4 is 29.0 Å². The van der Waals surface area contributed by atoms with Gasteiger partial charge in [0, 0.05) is 22.3 Å². The van der Waals surface area contributed by atoms with Gasteiger partial charge >= 0.3 is 0 Å². The number of nitrogens with zero attached hydrogens (tertiary/aromatic N) is 1. The first kappa shape index (κ1) is 16.1. The minimum absolute atomic E-state index is 0.142. The molecule has 1 aromatic carbocycles. The van der Waals surface area contributed by atoms with Gasteiger partial charge in [-0.2, -0.15) is 0 Å². The highest BCUT2D eigenvalue weighted by atomic mass is 35.5. The summed E-state index contributed by atoms with van der Waals surface area (Å²) in [7, 11) is 0. The van der Waals surface area contributed by atoms with Crippen molar-refractivity contribution in [1.82, 2.24) is 10.3 Å². The highest BCUT2D eigenvalue weighted by Gasteiger charge is 2.13. The molecule has 1 heterocycles. The van der Waals surface area contributed by atoms with E-state index in [1.807, 2.05) is 24.3 Å². The van der Waals surface area contributed by atoms with Crippen molar-refractivity contribution in [1.29, 1.82) is 0 Å². The van der Waals surface area contributed by atoms with Crippen molar-refractivity contribution in [3.63, 3.8) is 0 Å². The summed E-state index contributed by atoms with van der Waals surface area (Å²) in [6, 6.07) is 9.66. The molecular formula is C16H19Cl2N3. The second-order valence-corrected chi connectivity index (χ2v) is 5.88. The molecule has 0 radical (unpaired) electrons. The van der Waals surface area contributed by atoms with Gasteiger partial charge in [0.2, 0.25) is 0 Å². The zero-order chi connectivity index (χ0) is 15.2. The molecule has 3 nitrogen and oxygen atoms in total. The second kappa shape index (κ2) is 7.64. The zero-order valence-corrected chi connectivity index (χ0v) is 13.5. The van der Waals surface area contributed by atoms with Crippen LogP contribution in [0.3, 0.4) is 0 Å². The fourth-order valence-corrected chi connectivity index (χ4v) is 2.80. The maximum Gasteiger partial charge on any atom is 0.123 e. The molecule has 2 aromatic rings. The molecule has 0 saturated heterocycles. The molecule has 112 valence electrons. The average Bonchev–Trinajstić information content (AvgIpc) is 2.42. The van der Waals surface area contributed by atoms with E-state index in [1.54, 1.807) is 12.3 Å². The molecule has 0 spiro atoms. The van der Waals surface area contributed by atoms with Gasteiger partial charge in [-0.1, -0.05) is 30.1 Å². The number of rotatable bonds is 6. The number of anilines is 1. The summed E-state index contributed by atoms with van der Waals surface area (Å²) in [6.45, 7) is 3.06. The minimum atomic E-state index is 0.142. The van der Waals surface area contributed by atoms with Crippen LogP contribution in [-0.2, 0) is 6.42 Å². The topological polar surface area (TPSA) is 50.9 Å². The summed E-state index contributed by atoms with van der Waals surface area (Å²) < 4.78 is 0. The quantitative estimate of drug-likeness (QED) is 0.835. The van der Waals surface area contributed by atoms with Crippen molar-refractivity contribution in [2.75, 3.05) is 12.3 Å². The molecule has 0 saturated carbocycles. The van der Waals surface area contributed by atoms with Gasteiger partial charge in [0.25, 0.3) is 0 Å². The van der Waals surface area contributed by atoms with E-state index in [4.69, 9.17) is 28.9 Å². The average molecular weight is 324 g/mol. The van der Waals surface area contributed by atoms with Crippen LogP contribution < -0.4 is 11.1 Å². The number of hydrogen-bond donors (Lipinski definition) is 2. The molecule has 0 bridgehead atoms. The first-order valence-electron chi connectivity index (χ1n) is 6.98.